The molecule has 226 valence electrons. The van der Waals surface area contributed by atoms with Gasteiger partial charge in [0.05, 0.1) is 16.9 Å². The number of nitrogens with zero attached hydrogens (tertiary/aromatic N) is 2. The third-order valence-corrected chi connectivity index (χ3v) is 10.3. The lowest BCUT2D eigenvalue weighted by Crippen LogP contribution is -2.40. The van der Waals surface area contributed by atoms with Gasteiger partial charge in [0.1, 0.15) is 0 Å². The normalized spacial score (nSPS) is 14.9. The minimum Gasteiger partial charge on any atom is -0.333 e. The Bertz CT molecular complexity index is 2630. The van der Waals surface area contributed by atoms with Crippen molar-refractivity contribution in [2.45, 2.75) is 12.5 Å². The van der Waals surface area contributed by atoms with Gasteiger partial charge < -0.3 is 9.47 Å². The van der Waals surface area contributed by atoms with E-state index < -0.39 is 0 Å². The number of para-hydroxylation sites is 2. The molecule has 2 heterocycles. The molecule has 2 heteroatoms. The number of fused-ring (bicyclic) bond motifs is 7. The summed E-state index contributed by atoms with van der Waals surface area (Å²) in [5, 5.41) is 6.49. The summed E-state index contributed by atoms with van der Waals surface area (Å²) in [5.74, 6) is 0. The molecule has 0 amide bonds. The van der Waals surface area contributed by atoms with Crippen LogP contribution in [0, 0.1) is 0 Å². The van der Waals surface area contributed by atoms with Gasteiger partial charge in [0.15, 0.2) is 0 Å². The topological polar surface area (TPSA) is 8.17 Å². The largest absolute Gasteiger partial charge is 0.333 e. The SMILES string of the molecule is C1=c2c(c3ccccc3n2-c2ccc3ccccc3c2)=C2c3ccccc3N(c3ccc(-c4ccc(-c5ccccc5)cc4)cc3)C2C1. The van der Waals surface area contributed by atoms with E-state index in [0.717, 1.165) is 6.42 Å². The highest BCUT2D eigenvalue weighted by molar-refractivity contribution is 5.98. The summed E-state index contributed by atoms with van der Waals surface area (Å²) in [4.78, 5) is 2.56. The average molecular weight is 613 g/mol. The van der Waals surface area contributed by atoms with E-state index in [9.17, 15) is 0 Å². The summed E-state index contributed by atoms with van der Waals surface area (Å²) in [6.07, 6.45) is 3.41. The first kappa shape index (κ1) is 27.0. The Morgan fingerprint density at radius 3 is 1.88 bits per heavy atom. The third-order valence-electron chi connectivity index (χ3n) is 10.3. The standard InChI is InChI=1S/C46H32N2/c1-2-10-31(11-3-1)33-18-20-34(21-19-33)35-22-25-37(26-23-35)47-41-16-8-6-14-39(41)45-43(47)28-29-44-46(45)40-15-7-9-17-42(40)48(44)38-27-24-32-12-4-5-13-36(32)30-38/h1-27,29-30,43H,28H2. The van der Waals surface area contributed by atoms with Crippen LogP contribution < -0.4 is 15.5 Å². The average Bonchev–Trinajstić information content (AvgIpc) is 3.68. The first-order valence-electron chi connectivity index (χ1n) is 16.8. The maximum Gasteiger partial charge on any atom is 0.0640 e. The van der Waals surface area contributed by atoms with Crippen molar-refractivity contribution in [2.24, 2.45) is 0 Å². The van der Waals surface area contributed by atoms with Crippen LogP contribution in [-0.4, -0.2) is 10.6 Å². The van der Waals surface area contributed by atoms with Gasteiger partial charge in [0, 0.05) is 33.2 Å². The Labute approximate surface area is 279 Å². The molecule has 0 spiro atoms. The van der Waals surface area contributed by atoms with E-state index in [0.29, 0.717) is 0 Å². The van der Waals surface area contributed by atoms with Gasteiger partial charge in [-0.05, 0) is 81.4 Å². The first-order valence-corrected chi connectivity index (χ1v) is 16.8. The van der Waals surface area contributed by atoms with Crippen molar-refractivity contribution in [3.05, 3.63) is 186 Å². The summed E-state index contributed by atoms with van der Waals surface area (Å²) in [7, 11) is 0. The second kappa shape index (κ2) is 10.7. The molecule has 0 bridgehead atoms. The molecule has 2 aliphatic rings. The minimum absolute atomic E-state index is 0.224. The summed E-state index contributed by atoms with van der Waals surface area (Å²) < 4.78 is 2.48. The molecule has 2 nitrogen and oxygen atoms in total. The molecule has 1 atom stereocenters. The molecular weight excluding hydrogens is 581 g/mol. The quantitative estimate of drug-likeness (QED) is 0.192. The van der Waals surface area contributed by atoms with E-state index in [2.05, 4.69) is 185 Å². The van der Waals surface area contributed by atoms with Crippen LogP contribution in [0.1, 0.15) is 12.0 Å². The van der Waals surface area contributed by atoms with E-state index in [4.69, 9.17) is 0 Å². The molecule has 1 aromatic heterocycles. The van der Waals surface area contributed by atoms with E-state index in [1.165, 1.54) is 82.7 Å². The van der Waals surface area contributed by atoms with Crippen molar-refractivity contribution in [1.29, 1.82) is 0 Å². The molecule has 10 rings (SSSR count). The van der Waals surface area contributed by atoms with Crippen LogP contribution in [0.5, 0.6) is 0 Å². The maximum atomic E-state index is 2.56. The Morgan fingerprint density at radius 1 is 0.479 bits per heavy atom. The third kappa shape index (κ3) is 4.13. The van der Waals surface area contributed by atoms with Gasteiger partial charge in [-0.25, -0.2) is 0 Å². The lowest BCUT2D eigenvalue weighted by molar-refractivity contribution is 0.839. The maximum absolute atomic E-state index is 2.56. The van der Waals surface area contributed by atoms with Crippen LogP contribution in [0.4, 0.5) is 11.4 Å². The molecule has 0 saturated carbocycles. The van der Waals surface area contributed by atoms with Crippen molar-refractivity contribution >= 4 is 44.7 Å². The van der Waals surface area contributed by atoms with Crippen molar-refractivity contribution in [3.63, 3.8) is 0 Å². The fourth-order valence-corrected chi connectivity index (χ4v) is 8.08. The van der Waals surface area contributed by atoms with E-state index in [-0.39, 0.29) is 6.04 Å². The van der Waals surface area contributed by atoms with Gasteiger partial charge in [-0.15, -0.1) is 0 Å². The van der Waals surface area contributed by atoms with Crippen LogP contribution in [0.15, 0.2) is 170 Å². The fourth-order valence-electron chi connectivity index (χ4n) is 8.08. The highest BCUT2D eigenvalue weighted by atomic mass is 15.2. The zero-order chi connectivity index (χ0) is 31.6. The van der Waals surface area contributed by atoms with Crippen molar-refractivity contribution in [3.8, 4) is 27.9 Å². The smallest absolute Gasteiger partial charge is 0.0640 e. The predicted octanol–water partition coefficient (Wildman–Crippen LogP) is 10.0. The van der Waals surface area contributed by atoms with Crippen LogP contribution in [0.2, 0.25) is 0 Å². The molecule has 1 aliphatic carbocycles. The number of benzene rings is 7. The number of anilines is 2. The van der Waals surface area contributed by atoms with Crippen LogP contribution >= 0.6 is 0 Å². The molecule has 0 fully saturated rings. The molecule has 0 radical (unpaired) electrons. The Balaban J connectivity index is 1.10. The van der Waals surface area contributed by atoms with Gasteiger partial charge in [0.25, 0.3) is 0 Å². The summed E-state index contributed by atoms with van der Waals surface area (Å²) in [6, 6.07) is 62.2. The Morgan fingerprint density at radius 2 is 1.08 bits per heavy atom. The summed E-state index contributed by atoms with van der Waals surface area (Å²) >= 11 is 0. The minimum atomic E-state index is 0.224. The molecule has 0 saturated heterocycles. The Kier molecular flexibility index (Phi) is 6.04. The fraction of sp³-hybridized carbons (Fsp3) is 0.0435. The zero-order valence-electron chi connectivity index (χ0n) is 26.4. The van der Waals surface area contributed by atoms with Gasteiger partial charge in [-0.3, -0.25) is 0 Å². The predicted molar refractivity (Wildman–Crippen MR) is 201 cm³/mol. The van der Waals surface area contributed by atoms with Gasteiger partial charge in [-0.1, -0.05) is 140 Å². The molecule has 48 heavy (non-hydrogen) atoms. The van der Waals surface area contributed by atoms with Gasteiger partial charge in [-0.2, -0.15) is 0 Å². The molecular formula is C46H32N2. The molecule has 0 N–H and O–H groups in total. The highest BCUT2D eigenvalue weighted by Crippen LogP contribution is 2.46. The first-order chi connectivity index (χ1) is 23.8. The van der Waals surface area contributed by atoms with Crippen molar-refractivity contribution in [2.75, 3.05) is 4.90 Å². The molecule has 1 unspecified atom stereocenters. The van der Waals surface area contributed by atoms with Crippen LogP contribution in [0.3, 0.4) is 0 Å². The number of hydrogen-bond donors (Lipinski definition) is 0. The number of rotatable bonds is 4. The van der Waals surface area contributed by atoms with Crippen LogP contribution in [0.25, 0.3) is 61.3 Å². The van der Waals surface area contributed by atoms with Crippen LogP contribution in [-0.2, 0) is 0 Å². The van der Waals surface area contributed by atoms with Gasteiger partial charge >= 0.3 is 0 Å². The molecule has 1 aliphatic heterocycles. The highest BCUT2D eigenvalue weighted by Gasteiger charge is 2.37. The van der Waals surface area contributed by atoms with E-state index >= 15 is 0 Å². The van der Waals surface area contributed by atoms with E-state index in [1.54, 1.807) is 0 Å². The number of hydrogen-bond acceptors (Lipinski definition) is 1. The van der Waals surface area contributed by atoms with Crippen molar-refractivity contribution < 1.29 is 0 Å². The zero-order valence-corrected chi connectivity index (χ0v) is 26.4. The molecule has 8 aromatic rings. The summed E-state index contributed by atoms with van der Waals surface area (Å²) in [5.41, 5.74) is 12.7. The molecule has 7 aromatic carbocycles. The monoisotopic (exact) mass is 612 g/mol. The summed E-state index contributed by atoms with van der Waals surface area (Å²) in [6.45, 7) is 0. The van der Waals surface area contributed by atoms with Crippen molar-refractivity contribution in [1.82, 2.24) is 4.57 Å². The number of aromatic nitrogens is 1. The second-order valence-electron chi connectivity index (χ2n) is 12.9. The van der Waals surface area contributed by atoms with E-state index in [1.807, 2.05) is 0 Å². The second-order valence-corrected chi connectivity index (χ2v) is 12.9. The Hall–Kier alpha value is -6.12. The lowest BCUT2D eigenvalue weighted by Gasteiger charge is -2.29. The lowest BCUT2D eigenvalue weighted by atomic mass is 9.93. The van der Waals surface area contributed by atoms with Gasteiger partial charge in [0.2, 0.25) is 0 Å².